The van der Waals surface area contributed by atoms with Crippen molar-refractivity contribution in [3.05, 3.63) is 45.7 Å². The Kier molecular flexibility index (Phi) is 4.56. The summed E-state index contributed by atoms with van der Waals surface area (Å²) in [6.45, 7) is 3.88. The molecule has 0 N–H and O–H groups in total. The first-order valence-corrected chi connectivity index (χ1v) is 9.41. The standard InChI is InChI=1S/C18H20Cl2N4O/c1-11(14-3-2-4-15(19)18(14)20)23-8-12(9-23)7-17(25)16-10-24(22-21-16)13-5-6-13/h2-4,10-13H,5-9H2,1H3. The van der Waals surface area contributed by atoms with Crippen LogP contribution < -0.4 is 0 Å². The average molecular weight is 379 g/mol. The number of carbonyl (C=O) groups is 1. The van der Waals surface area contributed by atoms with Crippen LogP contribution in [0.4, 0.5) is 0 Å². The van der Waals surface area contributed by atoms with E-state index in [1.165, 1.54) is 0 Å². The molecule has 2 heterocycles. The molecule has 132 valence electrons. The van der Waals surface area contributed by atoms with Gasteiger partial charge >= 0.3 is 0 Å². The Bertz CT molecular complexity index is 796. The molecule has 4 rings (SSSR count). The van der Waals surface area contributed by atoms with Crippen LogP contribution in [0, 0.1) is 5.92 Å². The summed E-state index contributed by atoms with van der Waals surface area (Å²) in [6.07, 6.45) is 4.59. The van der Waals surface area contributed by atoms with Crippen LogP contribution in [0.15, 0.2) is 24.4 Å². The number of rotatable bonds is 6. The van der Waals surface area contributed by atoms with E-state index in [1.54, 1.807) is 12.3 Å². The predicted octanol–water partition coefficient (Wildman–Crippen LogP) is 4.19. The van der Waals surface area contributed by atoms with Crippen LogP contribution in [0.2, 0.25) is 10.0 Å². The van der Waals surface area contributed by atoms with Gasteiger partial charge in [-0.3, -0.25) is 9.69 Å². The SMILES string of the molecule is CC(c1cccc(Cl)c1Cl)N1CC(CC(=O)c2cn(C3CC3)nn2)C1. The Morgan fingerprint density at radius 3 is 2.80 bits per heavy atom. The summed E-state index contributed by atoms with van der Waals surface area (Å²) in [5.74, 6) is 0.448. The van der Waals surface area contributed by atoms with E-state index in [-0.39, 0.29) is 11.8 Å². The van der Waals surface area contributed by atoms with Crippen molar-refractivity contribution in [1.29, 1.82) is 0 Å². The largest absolute Gasteiger partial charge is 0.296 e. The van der Waals surface area contributed by atoms with Gasteiger partial charge in [0.05, 0.1) is 22.3 Å². The number of nitrogens with zero attached hydrogens (tertiary/aromatic N) is 4. The van der Waals surface area contributed by atoms with Crippen molar-refractivity contribution in [1.82, 2.24) is 19.9 Å². The van der Waals surface area contributed by atoms with Crippen molar-refractivity contribution < 1.29 is 4.79 Å². The first kappa shape index (κ1) is 17.0. The summed E-state index contributed by atoms with van der Waals surface area (Å²) in [7, 11) is 0. The lowest BCUT2D eigenvalue weighted by atomic mass is 9.90. The van der Waals surface area contributed by atoms with Gasteiger partial charge in [-0.15, -0.1) is 5.10 Å². The molecule has 1 aromatic carbocycles. The molecule has 1 atom stereocenters. The molecule has 0 radical (unpaired) electrons. The third-order valence-electron chi connectivity index (χ3n) is 5.16. The third kappa shape index (κ3) is 3.46. The van der Waals surface area contributed by atoms with Gasteiger partial charge in [-0.25, -0.2) is 4.68 Å². The summed E-state index contributed by atoms with van der Waals surface area (Å²) in [4.78, 5) is 14.7. The molecule has 0 spiro atoms. The topological polar surface area (TPSA) is 51.0 Å². The van der Waals surface area contributed by atoms with Gasteiger partial charge in [-0.05, 0) is 37.3 Å². The second-order valence-electron chi connectivity index (χ2n) is 7.08. The zero-order valence-corrected chi connectivity index (χ0v) is 15.5. The maximum absolute atomic E-state index is 12.4. The Balaban J connectivity index is 1.32. The molecule has 5 nitrogen and oxygen atoms in total. The normalized spacial score (nSPS) is 19.6. The minimum Gasteiger partial charge on any atom is -0.296 e. The summed E-state index contributed by atoms with van der Waals surface area (Å²) >= 11 is 12.4. The lowest BCUT2D eigenvalue weighted by Crippen LogP contribution is -2.48. The quantitative estimate of drug-likeness (QED) is 0.707. The monoisotopic (exact) mass is 378 g/mol. The zero-order chi connectivity index (χ0) is 17.6. The van der Waals surface area contributed by atoms with Gasteiger partial charge in [-0.1, -0.05) is 40.5 Å². The minimum absolute atomic E-state index is 0.0880. The Hall–Kier alpha value is -1.43. The van der Waals surface area contributed by atoms with E-state index in [1.807, 2.05) is 16.8 Å². The van der Waals surface area contributed by atoms with Crippen molar-refractivity contribution >= 4 is 29.0 Å². The van der Waals surface area contributed by atoms with Crippen molar-refractivity contribution in [2.45, 2.75) is 38.3 Å². The number of halogens is 2. The van der Waals surface area contributed by atoms with Crippen molar-refractivity contribution in [2.75, 3.05) is 13.1 Å². The van der Waals surface area contributed by atoms with Crippen LogP contribution in [0.1, 0.15) is 54.3 Å². The van der Waals surface area contributed by atoms with Gasteiger partial charge in [0.2, 0.25) is 0 Å². The fraction of sp³-hybridized carbons (Fsp3) is 0.500. The average Bonchev–Trinajstić information content (AvgIpc) is 3.29. The molecule has 1 saturated heterocycles. The maximum atomic E-state index is 12.4. The number of Topliss-reactive ketones (excluding diaryl/α,β-unsaturated/α-hetero) is 1. The number of ketones is 1. The Morgan fingerprint density at radius 2 is 2.08 bits per heavy atom. The van der Waals surface area contributed by atoms with E-state index in [4.69, 9.17) is 23.2 Å². The molecule has 7 heteroatoms. The van der Waals surface area contributed by atoms with Crippen molar-refractivity contribution in [3.63, 3.8) is 0 Å². The number of benzene rings is 1. The zero-order valence-electron chi connectivity index (χ0n) is 14.0. The molecule has 1 aliphatic carbocycles. The van der Waals surface area contributed by atoms with E-state index >= 15 is 0 Å². The fourth-order valence-corrected chi connectivity index (χ4v) is 3.85. The molecule has 2 aliphatic rings. The van der Waals surface area contributed by atoms with Gasteiger partial charge in [0.1, 0.15) is 5.69 Å². The molecule has 1 aromatic heterocycles. The van der Waals surface area contributed by atoms with Crippen LogP contribution in [0.3, 0.4) is 0 Å². The highest BCUT2D eigenvalue weighted by Gasteiger charge is 2.34. The molecule has 25 heavy (non-hydrogen) atoms. The van der Waals surface area contributed by atoms with Crippen LogP contribution in [-0.4, -0.2) is 38.8 Å². The highest BCUT2D eigenvalue weighted by Crippen LogP contribution is 2.37. The summed E-state index contributed by atoms with van der Waals surface area (Å²) < 4.78 is 1.82. The van der Waals surface area contributed by atoms with Crippen molar-refractivity contribution in [3.8, 4) is 0 Å². The fourth-order valence-electron chi connectivity index (χ4n) is 3.38. The number of hydrogen-bond donors (Lipinski definition) is 0. The lowest BCUT2D eigenvalue weighted by molar-refractivity contribution is 0.0502. The van der Waals surface area contributed by atoms with Crippen LogP contribution in [-0.2, 0) is 0 Å². The van der Waals surface area contributed by atoms with Gasteiger partial charge in [0.15, 0.2) is 5.78 Å². The molecule has 0 amide bonds. The van der Waals surface area contributed by atoms with E-state index in [0.29, 0.717) is 34.1 Å². The first-order valence-electron chi connectivity index (χ1n) is 8.66. The lowest BCUT2D eigenvalue weighted by Gasteiger charge is -2.43. The maximum Gasteiger partial charge on any atom is 0.185 e. The smallest absolute Gasteiger partial charge is 0.185 e. The van der Waals surface area contributed by atoms with Gasteiger partial charge < -0.3 is 0 Å². The highest BCUT2D eigenvalue weighted by molar-refractivity contribution is 6.42. The molecule has 1 saturated carbocycles. The third-order valence-corrected chi connectivity index (χ3v) is 5.99. The highest BCUT2D eigenvalue weighted by atomic mass is 35.5. The van der Waals surface area contributed by atoms with Gasteiger partial charge in [0, 0.05) is 25.6 Å². The first-order chi connectivity index (χ1) is 12.0. The molecule has 2 aromatic rings. The molecular weight excluding hydrogens is 359 g/mol. The number of likely N-dealkylation sites (tertiary alicyclic amines) is 1. The molecule has 2 fully saturated rings. The second kappa shape index (κ2) is 6.71. The molecule has 1 unspecified atom stereocenters. The summed E-state index contributed by atoms with van der Waals surface area (Å²) in [6, 6.07) is 6.37. The van der Waals surface area contributed by atoms with Gasteiger partial charge in [0.25, 0.3) is 0 Å². The van der Waals surface area contributed by atoms with E-state index < -0.39 is 0 Å². The summed E-state index contributed by atoms with van der Waals surface area (Å²) in [5.41, 5.74) is 1.53. The Labute approximate surface area is 156 Å². The number of hydrogen-bond acceptors (Lipinski definition) is 4. The van der Waals surface area contributed by atoms with Crippen LogP contribution in [0.25, 0.3) is 0 Å². The van der Waals surface area contributed by atoms with Crippen LogP contribution >= 0.6 is 23.2 Å². The van der Waals surface area contributed by atoms with E-state index in [9.17, 15) is 4.79 Å². The van der Waals surface area contributed by atoms with Crippen LogP contribution in [0.5, 0.6) is 0 Å². The number of aromatic nitrogens is 3. The summed E-state index contributed by atoms with van der Waals surface area (Å²) in [5, 5.41) is 9.29. The second-order valence-corrected chi connectivity index (χ2v) is 7.87. The minimum atomic E-state index is 0.0880. The molecule has 1 aliphatic heterocycles. The van der Waals surface area contributed by atoms with Gasteiger partial charge in [-0.2, -0.15) is 0 Å². The van der Waals surface area contributed by atoms with E-state index in [0.717, 1.165) is 31.5 Å². The molecular formula is C18H20Cl2N4O. The van der Waals surface area contributed by atoms with Crippen molar-refractivity contribution in [2.24, 2.45) is 5.92 Å². The van der Waals surface area contributed by atoms with E-state index in [2.05, 4.69) is 22.1 Å². The molecule has 0 bridgehead atoms. The predicted molar refractivity (Wildman–Crippen MR) is 97.2 cm³/mol. The number of carbonyl (C=O) groups excluding carboxylic acids is 1. The Morgan fingerprint density at radius 1 is 1.32 bits per heavy atom.